The van der Waals surface area contributed by atoms with Crippen LogP contribution < -0.4 is 4.74 Å². The Bertz CT molecular complexity index is 582. The lowest BCUT2D eigenvalue weighted by Crippen LogP contribution is -2.05. The van der Waals surface area contributed by atoms with E-state index in [0.29, 0.717) is 23.6 Å². The molecule has 2 aromatic rings. The number of pyridine rings is 2. The highest BCUT2D eigenvalue weighted by atomic mass is 16.5. The normalized spacial score (nSPS) is 10.2. The van der Waals surface area contributed by atoms with Gasteiger partial charge in [-0.1, -0.05) is 6.92 Å². The van der Waals surface area contributed by atoms with E-state index in [2.05, 4.69) is 9.97 Å². The van der Waals surface area contributed by atoms with Gasteiger partial charge in [0.05, 0.1) is 12.8 Å². The van der Waals surface area contributed by atoms with Crippen LogP contribution in [0.1, 0.15) is 35.0 Å². The average Bonchev–Trinajstić information content (AvgIpc) is 2.44. The number of ketones is 1. The van der Waals surface area contributed by atoms with Crippen LogP contribution in [0, 0.1) is 6.92 Å². The maximum absolute atomic E-state index is 12.3. The molecule has 0 aliphatic heterocycles. The zero-order valence-electron chi connectivity index (χ0n) is 11.1. The van der Waals surface area contributed by atoms with Gasteiger partial charge in [0.25, 0.3) is 0 Å². The minimum atomic E-state index is -0.141. The molecule has 2 heterocycles. The molecule has 0 aliphatic rings. The van der Waals surface area contributed by atoms with Crippen molar-refractivity contribution >= 4 is 5.78 Å². The highest BCUT2D eigenvalue weighted by molar-refractivity contribution is 6.07. The molecule has 0 aliphatic carbocycles. The first-order valence-corrected chi connectivity index (χ1v) is 6.26. The molecular weight excluding hydrogens is 240 g/mol. The lowest BCUT2D eigenvalue weighted by molar-refractivity contribution is 0.103. The van der Waals surface area contributed by atoms with Crippen LogP contribution in [0.2, 0.25) is 0 Å². The third-order valence-electron chi connectivity index (χ3n) is 2.60. The maximum atomic E-state index is 12.3. The second-order valence-corrected chi connectivity index (χ2v) is 4.31. The lowest BCUT2D eigenvalue weighted by atomic mass is 10.1. The zero-order chi connectivity index (χ0) is 13.7. The fraction of sp³-hybridized carbons (Fsp3) is 0.267. The van der Waals surface area contributed by atoms with E-state index in [0.717, 1.165) is 12.0 Å². The molecule has 0 unspecified atom stereocenters. The third-order valence-corrected chi connectivity index (χ3v) is 2.60. The molecule has 0 saturated heterocycles. The Morgan fingerprint density at radius 3 is 2.89 bits per heavy atom. The minimum absolute atomic E-state index is 0.141. The molecule has 2 aromatic heterocycles. The summed E-state index contributed by atoms with van der Waals surface area (Å²) in [5.41, 5.74) is 1.92. The van der Waals surface area contributed by atoms with Gasteiger partial charge < -0.3 is 4.74 Å². The Morgan fingerprint density at radius 2 is 2.16 bits per heavy atom. The van der Waals surface area contributed by atoms with Crippen LogP contribution in [0.3, 0.4) is 0 Å². The smallest absolute Gasteiger partial charge is 0.213 e. The average molecular weight is 256 g/mol. The van der Waals surface area contributed by atoms with Gasteiger partial charge in [-0.05, 0) is 37.1 Å². The summed E-state index contributed by atoms with van der Waals surface area (Å²) >= 11 is 0. The van der Waals surface area contributed by atoms with Gasteiger partial charge in [-0.25, -0.2) is 0 Å². The van der Waals surface area contributed by atoms with Crippen molar-refractivity contribution in [1.82, 2.24) is 9.97 Å². The lowest BCUT2D eigenvalue weighted by Gasteiger charge is -2.06. The van der Waals surface area contributed by atoms with E-state index >= 15 is 0 Å². The molecule has 0 atom stereocenters. The Morgan fingerprint density at radius 1 is 1.32 bits per heavy atom. The predicted octanol–water partition coefficient (Wildman–Crippen LogP) is 2.80. The van der Waals surface area contributed by atoms with E-state index in [-0.39, 0.29) is 5.78 Å². The summed E-state index contributed by atoms with van der Waals surface area (Å²) in [6.07, 6.45) is 5.69. The van der Waals surface area contributed by atoms with Gasteiger partial charge in [0.15, 0.2) is 0 Å². The van der Waals surface area contributed by atoms with Crippen molar-refractivity contribution in [2.45, 2.75) is 20.3 Å². The van der Waals surface area contributed by atoms with Crippen molar-refractivity contribution in [3.63, 3.8) is 0 Å². The number of hydrogen-bond donors (Lipinski definition) is 0. The second-order valence-electron chi connectivity index (χ2n) is 4.31. The molecular formula is C15H16N2O2. The highest BCUT2D eigenvalue weighted by Crippen LogP contribution is 2.15. The third kappa shape index (κ3) is 3.37. The van der Waals surface area contributed by atoms with Crippen molar-refractivity contribution < 1.29 is 9.53 Å². The standard InChI is InChI=1S/C15H16N2O2/c1-3-6-19-13-8-12(9-16-10-13)15(18)14-7-11(2)4-5-17-14/h4-5,7-10H,3,6H2,1-2H3. The molecule has 4 nitrogen and oxygen atoms in total. The molecule has 2 rings (SSSR count). The van der Waals surface area contributed by atoms with E-state index in [1.54, 1.807) is 24.5 Å². The van der Waals surface area contributed by atoms with Crippen LogP contribution in [0.4, 0.5) is 0 Å². The Labute approximate surface area is 112 Å². The van der Waals surface area contributed by atoms with E-state index in [4.69, 9.17) is 4.74 Å². The Hall–Kier alpha value is -2.23. The van der Waals surface area contributed by atoms with Gasteiger partial charge in [0.1, 0.15) is 11.4 Å². The van der Waals surface area contributed by atoms with E-state index < -0.39 is 0 Å². The predicted molar refractivity (Wildman–Crippen MR) is 72.4 cm³/mol. The SMILES string of the molecule is CCCOc1cncc(C(=O)c2cc(C)ccn2)c1. The summed E-state index contributed by atoms with van der Waals surface area (Å²) in [7, 11) is 0. The fourth-order valence-corrected chi connectivity index (χ4v) is 1.65. The number of ether oxygens (including phenoxy) is 1. The van der Waals surface area contributed by atoms with Crippen molar-refractivity contribution in [3.8, 4) is 5.75 Å². The number of carbonyl (C=O) groups is 1. The molecule has 0 bridgehead atoms. The molecule has 0 spiro atoms. The molecule has 0 fully saturated rings. The van der Waals surface area contributed by atoms with E-state index in [1.807, 2.05) is 19.9 Å². The van der Waals surface area contributed by atoms with Crippen molar-refractivity contribution in [2.24, 2.45) is 0 Å². The van der Waals surface area contributed by atoms with Crippen molar-refractivity contribution in [2.75, 3.05) is 6.61 Å². The fourth-order valence-electron chi connectivity index (χ4n) is 1.65. The maximum Gasteiger partial charge on any atom is 0.213 e. The van der Waals surface area contributed by atoms with Crippen molar-refractivity contribution in [3.05, 3.63) is 53.6 Å². The quantitative estimate of drug-likeness (QED) is 0.772. The number of nitrogens with zero attached hydrogens (tertiary/aromatic N) is 2. The number of hydrogen-bond acceptors (Lipinski definition) is 4. The number of aromatic nitrogens is 2. The molecule has 19 heavy (non-hydrogen) atoms. The highest BCUT2D eigenvalue weighted by Gasteiger charge is 2.12. The van der Waals surface area contributed by atoms with Crippen LogP contribution in [0.25, 0.3) is 0 Å². The minimum Gasteiger partial charge on any atom is -0.492 e. The van der Waals surface area contributed by atoms with Crippen LogP contribution in [-0.4, -0.2) is 22.4 Å². The summed E-state index contributed by atoms with van der Waals surface area (Å²) in [6.45, 7) is 4.57. The van der Waals surface area contributed by atoms with Gasteiger partial charge in [0, 0.05) is 18.0 Å². The number of carbonyl (C=O) groups excluding carboxylic acids is 1. The van der Waals surface area contributed by atoms with Crippen LogP contribution >= 0.6 is 0 Å². The van der Waals surface area contributed by atoms with E-state index in [1.165, 1.54) is 6.20 Å². The molecule has 0 radical (unpaired) electrons. The molecule has 98 valence electrons. The van der Waals surface area contributed by atoms with Gasteiger partial charge in [-0.3, -0.25) is 14.8 Å². The Balaban J connectivity index is 2.24. The number of aryl methyl sites for hydroxylation is 1. The molecule has 4 heteroatoms. The zero-order valence-corrected chi connectivity index (χ0v) is 11.1. The summed E-state index contributed by atoms with van der Waals surface area (Å²) < 4.78 is 5.47. The Kier molecular flexibility index (Phi) is 4.23. The summed E-state index contributed by atoms with van der Waals surface area (Å²) in [5, 5.41) is 0. The van der Waals surface area contributed by atoms with Gasteiger partial charge in [-0.15, -0.1) is 0 Å². The van der Waals surface area contributed by atoms with Gasteiger partial charge in [-0.2, -0.15) is 0 Å². The summed E-state index contributed by atoms with van der Waals surface area (Å²) in [6, 6.07) is 5.33. The second kappa shape index (κ2) is 6.09. The van der Waals surface area contributed by atoms with E-state index in [9.17, 15) is 4.79 Å². The van der Waals surface area contributed by atoms with Crippen LogP contribution in [0.5, 0.6) is 5.75 Å². The first-order chi connectivity index (χ1) is 9.20. The first-order valence-electron chi connectivity index (χ1n) is 6.26. The monoisotopic (exact) mass is 256 g/mol. The van der Waals surface area contributed by atoms with Crippen molar-refractivity contribution in [1.29, 1.82) is 0 Å². The van der Waals surface area contributed by atoms with Crippen LogP contribution in [-0.2, 0) is 0 Å². The topological polar surface area (TPSA) is 52.1 Å². The summed E-state index contributed by atoms with van der Waals surface area (Å²) in [5.74, 6) is 0.471. The van der Waals surface area contributed by atoms with Crippen LogP contribution in [0.15, 0.2) is 36.8 Å². The molecule has 0 N–H and O–H groups in total. The van der Waals surface area contributed by atoms with Gasteiger partial charge >= 0.3 is 0 Å². The molecule has 0 saturated carbocycles. The number of rotatable bonds is 5. The summed E-state index contributed by atoms with van der Waals surface area (Å²) in [4.78, 5) is 20.4. The molecule has 0 amide bonds. The van der Waals surface area contributed by atoms with Gasteiger partial charge in [0.2, 0.25) is 5.78 Å². The molecule has 0 aromatic carbocycles. The largest absolute Gasteiger partial charge is 0.492 e. The first kappa shape index (κ1) is 13.2.